The van der Waals surface area contributed by atoms with E-state index in [4.69, 9.17) is 5.73 Å². The first kappa shape index (κ1) is 13.8. The Balaban J connectivity index is 0. The highest BCUT2D eigenvalue weighted by Crippen LogP contribution is 1.90. The molecule has 0 radical (unpaired) electrons. The maximum Gasteiger partial charge on any atom is 0.323 e. The molecule has 5 nitrogen and oxygen atoms in total. The summed E-state index contributed by atoms with van der Waals surface area (Å²) in [7, 11) is 0. The van der Waals surface area contributed by atoms with Gasteiger partial charge in [0, 0.05) is 12.4 Å². The van der Waals surface area contributed by atoms with E-state index >= 15 is 0 Å². The summed E-state index contributed by atoms with van der Waals surface area (Å²) >= 11 is 0. The molecule has 6 heteroatoms. The Morgan fingerprint density at radius 2 is 2.08 bits per heavy atom. The Hall–Kier alpha value is -0.810. The van der Waals surface area contributed by atoms with E-state index in [2.05, 4.69) is 4.74 Å². The average molecular weight is 197 g/mol. The molecule has 0 saturated heterocycles. The molecule has 0 aliphatic heterocycles. The van der Waals surface area contributed by atoms with Crippen molar-refractivity contribution in [3.05, 3.63) is 0 Å². The fourth-order valence-electron chi connectivity index (χ4n) is 0.512. The molecule has 2 N–H and O–H groups in total. The van der Waals surface area contributed by atoms with E-state index < -0.39 is 24.4 Å². The van der Waals surface area contributed by atoms with Crippen LogP contribution in [0.15, 0.2) is 0 Å². The Labute approximate surface area is 76.3 Å². The molecule has 0 saturated carbocycles. The van der Waals surface area contributed by atoms with Gasteiger partial charge in [-0.25, -0.2) is 0 Å². The Morgan fingerprint density at radius 3 is 2.42 bits per heavy atom. The predicted octanol–water partition coefficient (Wildman–Crippen LogP) is -1.56. The molecule has 0 amide bonds. The quantitative estimate of drug-likeness (QED) is 0.549. The summed E-state index contributed by atoms with van der Waals surface area (Å²) < 4.78 is 4.45. The van der Waals surface area contributed by atoms with Crippen LogP contribution in [0.4, 0.5) is 0 Å². The van der Waals surface area contributed by atoms with Gasteiger partial charge in [-0.1, -0.05) is 0 Å². The molecule has 1 atom stereocenters. The first-order chi connectivity index (χ1) is 5.07. The molecule has 1 unspecified atom stereocenters. The van der Waals surface area contributed by atoms with Crippen molar-refractivity contribution >= 4 is 24.3 Å². The van der Waals surface area contributed by atoms with Gasteiger partial charge < -0.3 is 20.4 Å². The summed E-state index contributed by atoms with van der Waals surface area (Å²) in [5.41, 5.74) is 5.11. The summed E-state index contributed by atoms with van der Waals surface area (Å²) in [4.78, 5) is 20.6. The molecule has 0 fully saturated rings. The highest BCUT2D eigenvalue weighted by atomic mass is 35.5. The second kappa shape index (κ2) is 6.87. The van der Waals surface area contributed by atoms with Crippen LogP contribution in [0, 0.1) is 0 Å². The van der Waals surface area contributed by atoms with Crippen LogP contribution in [0.3, 0.4) is 0 Å². The van der Waals surface area contributed by atoms with Crippen molar-refractivity contribution in [2.75, 3.05) is 6.61 Å². The van der Waals surface area contributed by atoms with Crippen molar-refractivity contribution in [2.24, 2.45) is 5.73 Å². The lowest BCUT2D eigenvalue weighted by atomic mass is 10.2. The molecule has 0 aromatic carbocycles. The van der Waals surface area contributed by atoms with Gasteiger partial charge in [-0.2, -0.15) is 0 Å². The third-order valence-corrected chi connectivity index (χ3v) is 0.976. The van der Waals surface area contributed by atoms with E-state index in [0.29, 0.717) is 0 Å². The number of hydrogen-bond acceptors (Lipinski definition) is 5. The zero-order valence-electron chi connectivity index (χ0n) is 6.61. The molecular weight excluding hydrogens is 186 g/mol. The van der Waals surface area contributed by atoms with Gasteiger partial charge in [-0.3, -0.25) is 4.79 Å². The van der Waals surface area contributed by atoms with Crippen LogP contribution in [-0.2, 0) is 14.3 Å². The van der Waals surface area contributed by atoms with E-state index in [1.165, 1.54) is 0 Å². The molecule has 0 rings (SSSR count). The summed E-state index contributed by atoms with van der Waals surface area (Å²) in [6.07, 6.45) is -0.501. The number of carbonyl (C=O) groups is 2. The summed E-state index contributed by atoms with van der Waals surface area (Å²) in [6.45, 7) is 1.81. The van der Waals surface area contributed by atoms with Crippen LogP contribution in [0.5, 0.6) is 0 Å². The van der Waals surface area contributed by atoms with E-state index in [1.807, 2.05) is 0 Å². The number of carboxylic acids is 1. The van der Waals surface area contributed by atoms with Gasteiger partial charge in [0.25, 0.3) is 0 Å². The standard InChI is InChI=1S/C6H11NO4.ClH/c1-2-11-6(10)4(7)3-5(8)9;/h4H,2-3,7H2,1H3,(H,8,9);1H/p-1. The first-order valence-corrected chi connectivity index (χ1v) is 3.20. The highest BCUT2D eigenvalue weighted by Gasteiger charge is 2.13. The molecule has 0 spiro atoms. The second-order valence-corrected chi connectivity index (χ2v) is 1.93. The molecule has 0 aromatic rings. The minimum atomic E-state index is -1.36. The second-order valence-electron chi connectivity index (χ2n) is 1.93. The van der Waals surface area contributed by atoms with Crippen molar-refractivity contribution < 1.29 is 19.4 Å². The average Bonchev–Trinajstić information content (AvgIpc) is 1.86. The fraction of sp³-hybridized carbons (Fsp3) is 0.667. The predicted molar refractivity (Wildman–Crippen MR) is 41.5 cm³/mol. The van der Waals surface area contributed by atoms with Crippen LogP contribution in [0.25, 0.3) is 0 Å². The van der Waals surface area contributed by atoms with Crippen molar-refractivity contribution in [1.82, 2.24) is 0 Å². The van der Waals surface area contributed by atoms with Crippen LogP contribution in [0.1, 0.15) is 13.3 Å². The summed E-state index contributed by atoms with van der Waals surface area (Å²) in [5, 5.41) is 9.92. The number of nitrogens with two attached hydrogens (primary N) is 1. The van der Waals surface area contributed by atoms with Gasteiger partial charge in [0.2, 0.25) is 0 Å². The SMILES string of the molecule is CCOC(=O)C(N)CC(=O)[O-].Cl. The Kier molecular flexibility index (Phi) is 7.88. The first-order valence-electron chi connectivity index (χ1n) is 3.20. The molecule has 12 heavy (non-hydrogen) atoms. The van der Waals surface area contributed by atoms with E-state index in [1.54, 1.807) is 6.92 Å². The van der Waals surface area contributed by atoms with E-state index in [0.717, 1.165) is 0 Å². The zero-order valence-corrected chi connectivity index (χ0v) is 7.43. The molecule has 72 valence electrons. The number of aliphatic carboxylic acids is 1. The lowest BCUT2D eigenvalue weighted by Crippen LogP contribution is -2.38. The summed E-state index contributed by atoms with van der Waals surface area (Å²) in [6, 6.07) is -1.11. The van der Waals surface area contributed by atoms with Gasteiger partial charge in [0.15, 0.2) is 0 Å². The van der Waals surface area contributed by atoms with Gasteiger partial charge in [0.1, 0.15) is 6.04 Å². The topological polar surface area (TPSA) is 92.5 Å². The minimum Gasteiger partial charge on any atom is -0.550 e. The smallest absolute Gasteiger partial charge is 0.323 e. The highest BCUT2D eigenvalue weighted by molar-refractivity contribution is 5.85. The Bertz CT molecular complexity index is 162. The van der Waals surface area contributed by atoms with Gasteiger partial charge in [-0.15, -0.1) is 12.4 Å². The maximum atomic E-state index is 10.6. The fourth-order valence-corrected chi connectivity index (χ4v) is 0.512. The molecule has 0 aliphatic rings. The number of hydrogen-bond donors (Lipinski definition) is 1. The van der Waals surface area contributed by atoms with Crippen LogP contribution in [0.2, 0.25) is 0 Å². The Morgan fingerprint density at radius 1 is 1.58 bits per heavy atom. The van der Waals surface area contributed by atoms with Crippen LogP contribution < -0.4 is 10.8 Å². The zero-order chi connectivity index (χ0) is 8.85. The number of halogens is 1. The summed E-state index contributed by atoms with van der Waals surface area (Å²) in [5.74, 6) is -2.07. The normalized spacial score (nSPS) is 11.2. The van der Waals surface area contributed by atoms with Crippen molar-refractivity contribution in [3.8, 4) is 0 Å². The lowest BCUT2D eigenvalue weighted by molar-refractivity contribution is -0.306. The van der Waals surface area contributed by atoms with Crippen molar-refractivity contribution in [1.29, 1.82) is 0 Å². The van der Waals surface area contributed by atoms with Crippen LogP contribution >= 0.6 is 12.4 Å². The van der Waals surface area contributed by atoms with Gasteiger partial charge >= 0.3 is 5.97 Å². The number of esters is 1. The minimum absolute atomic E-state index is 0. The number of ether oxygens (including phenoxy) is 1. The number of carboxylic acid groups (broad SMARTS) is 1. The number of carbonyl (C=O) groups excluding carboxylic acids is 2. The molecule has 0 bridgehead atoms. The number of rotatable bonds is 4. The third-order valence-electron chi connectivity index (χ3n) is 0.976. The third kappa shape index (κ3) is 5.94. The maximum absolute atomic E-state index is 10.6. The largest absolute Gasteiger partial charge is 0.550 e. The van der Waals surface area contributed by atoms with E-state index in [9.17, 15) is 14.7 Å². The molecular formula is C6H11ClNO4-. The van der Waals surface area contributed by atoms with Crippen molar-refractivity contribution in [2.45, 2.75) is 19.4 Å². The van der Waals surface area contributed by atoms with Crippen LogP contribution in [-0.4, -0.2) is 24.6 Å². The monoisotopic (exact) mass is 196 g/mol. The molecule has 0 heterocycles. The molecule has 0 aromatic heterocycles. The molecule has 0 aliphatic carbocycles. The van der Waals surface area contributed by atoms with Gasteiger partial charge in [-0.05, 0) is 6.92 Å². The van der Waals surface area contributed by atoms with Crippen molar-refractivity contribution in [3.63, 3.8) is 0 Å². The van der Waals surface area contributed by atoms with Gasteiger partial charge in [0.05, 0.1) is 6.61 Å². The van der Waals surface area contributed by atoms with E-state index in [-0.39, 0.29) is 19.0 Å². The lowest BCUT2D eigenvalue weighted by Gasteiger charge is -2.09.